The van der Waals surface area contributed by atoms with Gasteiger partial charge in [0.05, 0.1) is 25.3 Å². The zero-order valence-electron chi connectivity index (χ0n) is 19.2. The highest BCUT2D eigenvalue weighted by atomic mass is 16.5. The summed E-state index contributed by atoms with van der Waals surface area (Å²) in [6.45, 7) is 0.125. The molecule has 2 heterocycles. The number of hydrogen-bond acceptors (Lipinski definition) is 7. The number of para-hydroxylation sites is 1. The molecule has 0 aromatic heterocycles. The smallest absolute Gasteiger partial charge is 0.231 e. The first-order valence-corrected chi connectivity index (χ1v) is 10.9. The molecular formula is C28H22O7. The molecule has 3 aromatic rings. The van der Waals surface area contributed by atoms with Crippen LogP contribution in [0.25, 0.3) is 6.08 Å². The van der Waals surface area contributed by atoms with E-state index < -0.39 is 0 Å². The summed E-state index contributed by atoms with van der Waals surface area (Å²) < 4.78 is 27.7. The van der Waals surface area contributed by atoms with Gasteiger partial charge in [0.1, 0.15) is 35.4 Å². The zero-order chi connectivity index (χ0) is 24.4. The zero-order valence-corrected chi connectivity index (χ0v) is 19.2. The number of benzene rings is 3. The van der Waals surface area contributed by atoms with Crippen molar-refractivity contribution in [1.29, 1.82) is 0 Å². The van der Waals surface area contributed by atoms with Gasteiger partial charge >= 0.3 is 0 Å². The van der Waals surface area contributed by atoms with Crippen molar-refractivity contribution in [3.05, 3.63) is 94.8 Å². The number of fused-ring (bicyclic) bond motifs is 2. The molecule has 0 N–H and O–H groups in total. The SMILES string of the molecule is COc1ccc(OC)c(C(=O)COc2ccc3c(c2)OC(=CC2=Cc4ccccc4OC2)C3=O)c1. The van der Waals surface area contributed by atoms with E-state index >= 15 is 0 Å². The predicted molar refractivity (Wildman–Crippen MR) is 129 cm³/mol. The molecule has 3 aromatic carbocycles. The van der Waals surface area contributed by atoms with Crippen molar-refractivity contribution in [3.63, 3.8) is 0 Å². The van der Waals surface area contributed by atoms with E-state index in [1.165, 1.54) is 14.2 Å². The van der Waals surface area contributed by atoms with Crippen molar-refractivity contribution < 1.29 is 33.3 Å². The molecule has 0 radical (unpaired) electrons. The van der Waals surface area contributed by atoms with E-state index in [0.717, 1.165) is 16.9 Å². The Morgan fingerprint density at radius 2 is 1.80 bits per heavy atom. The molecule has 0 aliphatic carbocycles. The molecular weight excluding hydrogens is 448 g/mol. The Balaban J connectivity index is 1.30. The van der Waals surface area contributed by atoms with Gasteiger partial charge in [0.2, 0.25) is 11.6 Å². The van der Waals surface area contributed by atoms with Crippen molar-refractivity contribution in [3.8, 4) is 28.7 Å². The lowest BCUT2D eigenvalue weighted by atomic mass is 10.1. The Labute approximate surface area is 202 Å². The summed E-state index contributed by atoms with van der Waals surface area (Å²) in [5, 5.41) is 0. The summed E-state index contributed by atoms with van der Waals surface area (Å²) in [5.74, 6) is 2.28. The van der Waals surface area contributed by atoms with Crippen molar-refractivity contribution >= 4 is 17.6 Å². The van der Waals surface area contributed by atoms with Crippen LogP contribution in [0.4, 0.5) is 0 Å². The lowest BCUT2D eigenvalue weighted by molar-refractivity contribution is 0.0917. The first-order valence-electron chi connectivity index (χ1n) is 10.9. The van der Waals surface area contributed by atoms with E-state index in [-0.39, 0.29) is 23.9 Å². The summed E-state index contributed by atoms with van der Waals surface area (Å²) in [4.78, 5) is 25.6. The van der Waals surface area contributed by atoms with Crippen LogP contribution in [0, 0.1) is 0 Å². The van der Waals surface area contributed by atoms with Crippen molar-refractivity contribution in [2.75, 3.05) is 27.4 Å². The Morgan fingerprint density at radius 3 is 2.63 bits per heavy atom. The average Bonchev–Trinajstić information content (AvgIpc) is 3.20. The van der Waals surface area contributed by atoms with E-state index in [2.05, 4.69) is 0 Å². The van der Waals surface area contributed by atoms with Crippen LogP contribution in [0.15, 0.2) is 78.1 Å². The predicted octanol–water partition coefficient (Wildman–Crippen LogP) is 4.90. The minimum Gasteiger partial charge on any atom is -0.497 e. The summed E-state index contributed by atoms with van der Waals surface area (Å²) in [6.07, 6.45) is 3.66. The number of hydrogen-bond donors (Lipinski definition) is 0. The number of carbonyl (C=O) groups excluding carboxylic acids is 2. The summed E-state index contributed by atoms with van der Waals surface area (Å²) in [5.41, 5.74) is 2.56. The van der Waals surface area contributed by atoms with Gasteiger partial charge in [-0.15, -0.1) is 0 Å². The van der Waals surface area contributed by atoms with Crippen LogP contribution in [0.2, 0.25) is 0 Å². The van der Waals surface area contributed by atoms with E-state index in [1.54, 1.807) is 42.5 Å². The molecule has 35 heavy (non-hydrogen) atoms. The third-order valence-electron chi connectivity index (χ3n) is 5.69. The largest absolute Gasteiger partial charge is 0.497 e. The van der Waals surface area contributed by atoms with Gasteiger partial charge in [-0.05, 0) is 54.1 Å². The number of ketones is 2. The lowest BCUT2D eigenvalue weighted by Gasteiger charge is -2.15. The molecule has 0 saturated carbocycles. The highest BCUT2D eigenvalue weighted by Gasteiger charge is 2.28. The van der Waals surface area contributed by atoms with Gasteiger partial charge in [0, 0.05) is 11.6 Å². The number of carbonyl (C=O) groups is 2. The topological polar surface area (TPSA) is 80.3 Å². The number of Topliss-reactive ketones (excluding diaryl/α,β-unsaturated/α-hetero) is 2. The van der Waals surface area contributed by atoms with Gasteiger partial charge in [0.15, 0.2) is 12.4 Å². The number of rotatable bonds is 7. The molecule has 2 aliphatic heterocycles. The summed E-state index contributed by atoms with van der Waals surface area (Å²) in [6, 6.07) is 17.5. The van der Waals surface area contributed by atoms with Gasteiger partial charge in [-0.25, -0.2) is 0 Å². The normalized spacial score (nSPS) is 14.9. The standard InChI is InChI=1S/C28H22O7/c1-31-19-8-10-25(32-2)22(13-19)23(29)16-33-20-7-9-21-26(14-20)35-27(28(21)30)12-17-11-18-5-3-4-6-24(18)34-15-17/h3-14H,15-16H2,1-2H3. The molecule has 0 atom stereocenters. The highest BCUT2D eigenvalue weighted by Crippen LogP contribution is 2.35. The first kappa shape index (κ1) is 22.3. The molecule has 5 rings (SSSR count). The third-order valence-corrected chi connectivity index (χ3v) is 5.69. The van der Waals surface area contributed by atoms with Crippen LogP contribution < -0.4 is 23.7 Å². The maximum absolute atomic E-state index is 12.8. The molecule has 0 unspecified atom stereocenters. The molecule has 2 aliphatic rings. The fourth-order valence-corrected chi connectivity index (χ4v) is 3.90. The van der Waals surface area contributed by atoms with E-state index in [0.29, 0.717) is 40.7 Å². The average molecular weight is 470 g/mol. The minimum absolute atomic E-state index is 0.212. The van der Waals surface area contributed by atoms with Crippen LogP contribution in [0.1, 0.15) is 26.3 Å². The molecule has 176 valence electrons. The van der Waals surface area contributed by atoms with Crippen LogP contribution in [-0.2, 0) is 0 Å². The van der Waals surface area contributed by atoms with Crippen LogP contribution >= 0.6 is 0 Å². The lowest BCUT2D eigenvalue weighted by Crippen LogP contribution is -2.13. The molecule has 7 nitrogen and oxygen atoms in total. The molecule has 0 fully saturated rings. The molecule has 0 bridgehead atoms. The van der Waals surface area contributed by atoms with Gasteiger partial charge in [-0.2, -0.15) is 0 Å². The van der Waals surface area contributed by atoms with E-state index in [9.17, 15) is 9.59 Å². The van der Waals surface area contributed by atoms with E-state index in [1.807, 2.05) is 30.3 Å². The van der Waals surface area contributed by atoms with Gasteiger partial charge < -0.3 is 23.7 Å². The fourth-order valence-electron chi connectivity index (χ4n) is 3.90. The Kier molecular flexibility index (Phi) is 5.97. The fraction of sp³-hybridized carbons (Fsp3) is 0.143. The highest BCUT2D eigenvalue weighted by molar-refractivity contribution is 6.12. The van der Waals surface area contributed by atoms with Gasteiger partial charge in [-0.1, -0.05) is 18.2 Å². The van der Waals surface area contributed by atoms with Crippen molar-refractivity contribution in [1.82, 2.24) is 0 Å². The first-order chi connectivity index (χ1) is 17.1. The second-order valence-electron chi connectivity index (χ2n) is 7.92. The van der Waals surface area contributed by atoms with Crippen molar-refractivity contribution in [2.45, 2.75) is 0 Å². The van der Waals surface area contributed by atoms with Crippen LogP contribution in [0.3, 0.4) is 0 Å². The number of methoxy groups -OCH3 is 2. The molecule has 0 spiro atoms. The second kappa shape index (κ2) is 9.38. The Morgan fingerprint density at radius 1 is 0.971 bits per heavy atom. The molecule has 0 amide bonds. The second-order valence-corrected chi connectivity index (χ2v) is 7.92. The minimum atomic E-state index is -0.275. The molecule has 7 heteroatoms. The number of allylic oxidation sites excluding steroid dienone is 1. The Hall–Kier alpha value is -4.52. The quantitative estimate of drug-likeness (QED) is 0.359. The maximum Gasteiger partial charge on any atom is 0.231 e. The summed E-state index contributed by atoms with van der Waals surface area (Å²) in [7, 11) is 3.02. The van der Waals surface area contributed by atoms with E-state index in [4.69, 9.17) is 23.7 Å². The molecule has 0 saturated heterocycles. The van der Waals surface area contributed by atoms with Crippen LogP contribution in [0.5, 0.6) is 28.7 Å². The maximum atomic E-state index is 12.8. The number of ether oxygens (including phenoxy) is 5. The Bertz CT molecular complexity index is 1380. The van der Waals surface area contributed by atoms with Gasteiger partial charge in [-0.3, -0.25) is 9.59 Å². The summed E-state index contributed by atoms with van der Waals surface area (Å²) >= 11 is 0. The van der Waals surface area contributed by atoms with Crippen molar-refractivity contribution in [2.24, 2.45) is 0 Å². The van der Waals surface area contributed by atoms with Gasteiger partial charge in [0.25, 0.3) is 0 Å². The van der Waals surface area contributed by atoms with Crippen LogP contribution in [-0.4, -0.2) is 39.0 Å². The monoisotopic (exact) mass is 470 g/mol. The third kappa shape index (κ3) is 4.48.